The van der Waals surface area contributed by atoms with E-state index in [1.807, 2.05) is 0 Å². The Morgan fingerprint density at radius 3 is 2.24 bits per heavy atom. The van der Waals surface area contributed by atoms with Gasteiger partial charge in [-0.15, -0.1) is 0 Å². The Labute approximate surface area is 236 Å². The number of nitrogens with one attached hydrogen (secondary N) is 3. The van der Waals surface area contributed by atoms with Crippen molar-refractivity contribution in [3.63, 3.8) is 0 Å². The first-order valence-electron chi connectivity index (χ1n) is 12.9. The third-order valence-corrected chi connectivity index (χ3v) is 8.03. The van der Waals surface area contributed by atoms with Crippen LogP contribution in [-0.2, 0) is 27.4 Å². The fourth-order valence-corrected chi connectivity index (χ4v) is 5.27. The van der Waals surface area contributed by atoms with Gasteiger partial charge in [-0.3, -0.25) is 4.79 Å². The molecule has 0 radical (unpaired) electrons. The number of amides is 1. The molecule has 1 fully saturated rings. The molecular weight excluding hydrogens is 561 g/mol. The SMILES string of the molecule is CNc1nc(NC2CCC(C(=O)NCc3ccc(OC)cc3C(F)(F)F)CC2)nc(-c2ccc(S(C)(=O)=O)cc2)n1. The minimum absolute atomic E-state index is 0.0231. The molecule has 2 aromatic carbocycles. The second kappa shape index (κ2) is 12.3. The number of alkyl halides is 3. The molecule has 3 aromatic rings. The summed E-state index contributed by atoms with van der Waals surface area (Å²) in [6.45, 7) is -0.235. The first-order chi connectivity index (χ1) is 19.4. The summed E-state index contributed by atoms with van der Waals surface area (Å²) in [5.74, 6) is 0.501. The van der Waals surface area contributed by atoms with E-state index in [9.17, 15) is 26.4 Å². The zero-order chi connectivity index (χ0) is 29.8. The topological polar surface area (TPSA) is 135 Å². The van der Waals surface area contributed by atoms with E-state index in [4.69, 9.17) is 4.74 Å². The number of hydrogen-bond acceptors (Lipinski definition) is 9. The van der Waals surface area contributed by atoms with Gasteiger partial charge in [0.2, 0.25) is 17.8 Å². The van der Waals surface area contributed by atoms with E-state index >= 15 is 0 Å². The number of sulfone groups is 1. The standard InChI is InChI=1S/C27H31F3N6O4S/c1-31-25-34-23(16-7-12-21(13-8-16)41(3,38)39)35-26(36-25)33-19-9-4-17(5-10-19)24(37)32-15-18-6-11-20(40-2)14-22(18)27(28,29)30/h6-8,11-14,17,19H,4-5,9-10,15H2,1-3H3,(H,32,37)(H2,31,33,34,35,36). The van der Waals surface area contributed by atoms with Crippen molar-refractivity contribution in [2.75, 3.05) is 31.0 Å². The number of benzene rings is 2. The van der Waals surface area contributed by atoms with Gasteiger partial charge in [-0.2, -0.15) is 28.1 Å². The highest BCUT2D eigenvalue weighted by molar-refractivity contribution is 7.90. The first-order valence-corrected chi connectivity index (χ1v) is 14.8. The van der Waals surface area contributed by atoms with Crippen molar-refractivity contribution in [2.45, 2.75) is 49.3 Å². The fraction of sp³-hybridized carbons (Fsp3) is 0.407. The maximum absolute atomic E-state index is 13.5. The van der Waals surface area contributed by atoms with E-state index in [-0.39, 0.29) is 40.6 Å². The highest BCUT2D eigenvalue weighted by Gasteiger charge is 2.34. The lowest BCUT2D eigenvalue weighted by Gasteiger charge is -2.28. The molecule has 0 saturated heterocycles. The van der Waals surface area contributed by atoms with Crippen LogP contribution in [0.15, 0.2) is 47.4 Å². The van der Waals surface area contributed by atoms with Crippen LogP contribution in [-0.4, -0.2) is 55.7 Å². The van der Waals surface area contributed by atoms with E-state index in [1.165, 1.54) is 31.4 Å². The Bertz CT molecular complexity index is 1490. The van der Waals surface area contributed by atoms with Crippen LogP contribution in [0.4, 0.5) is 25.1 Å². The molecule has 4 rings (SSSR count). The van der Waals surface area contributed by atoms with E-state index in [2.05, 4.69) is 30.9 Å². The molecule has 10 nitrogen and oxygen atoms in total. The van der Waals surface area contributed by atoms with Crippen molar-refractivity contribution in [1.82, 2.24) is 20.3 Å². The van der Waals surface area contributed by atoms with Gasteiger partial charge in [-0.1, -0.05) is 6.07 Å². The van der Waals surface area contributed by atoms with Crippen molar-refractivity contribution in [1.29, 1.82) is 0 Å². The summed E-state index contributed by atoms with van der Waals surface area (Å²) in [6, 6.07) is 9.89. The second-order valence-corrected chi connectivity index (χ2v) is 11.8. The highest BCUT2D eigenvalue weighted by Crippen LogP contribution is 2.35. The van der Waals surface area contributed by atoms with Crippen molar-refractivity contribution in [3.8, 4) is 17.1 Å². The van der Waals surface area contributed by atoms with Gasteiger partial charge in [0.1, 0.15) is 5.75 Å². The Balaban J connectivity index is 1.36. The molecule has 3 N–H and O–H groups in total. The van der Waals surface area contributed by atoms with Crippen LogP contribution >= 0.6 is 0 Å². The Morgan fingerprint density at radius 2 is 1.66 bits per heavy atom. The lowest BCUT2D eigenvalue weighted by molar-refractivity contribution is -0.138. The monoisotopic (exact) mass is 592 g/mol. The molecule has 0 aliphatic heterocycles. The van der Waals surface area contributed by atoms with E-state index in [0.29, 0.717) is 49.0 Å². The third-order valence-electron chi connectivity index (χ3n) is 6.91. The van der Waals surface area contributed by atoms with Gasteiger partial charge in [0.25, 0.3) is 0 Å². The van der Waals surface area contributed by atoms with Crippen LogP contribution < -0.4 is 20.7 Å². The zero-order valence-corrected chi connectivity index (χ0v) is 23.6. The molecule has 0 spiro atoms. The van der Waals surface area contributed by atoms with Gasteiger partial charge in [0.15, 0.2) is 15.7 Å². The summed E-state index contributed by atoms with van der Waals surface area (Å²) in [5.41, 5.74) is -0.252. The van der Waals surface area contributed by atoms with E-state index in [1.54, 1.807) is 19.2 Å². The molecule has 1 amide bonds. The number of halogens is 3. The molecule has 1 aromatic heterocycles. The molecule has 0 bridgehead atoms. The van der Waals surface area contributed by atoms with Gasteiger partial charge >= 0.3 is 6.18 Å². The number of nitrogens with zero attached hydrogens (tertiary/aromatic N) is 3. The quantitative estimate of drug-likeness (QED) is 0.332. The zero-order valence-electron chi connectivity index (χ0n) is 22.7. The average molecular weight is 593 g/mol. The Kier molecular flexibility index (Phi) is 9.00. The molecule has 1 aliphatic rings. The molecule has 1 heterocycles. The summed E-state index contributed by atoms with van der Waals surface area (Å²) in [7, 11) is -0.373. The van der Waals surface area contributed by atoms with Crippen LogP contribution in [0.5, 0.6) is 5.75 Å². The van der Waals surface area contributed by atoms with Gasteiger partial charge in [0.05, 0.1) is 17.6 Å². The highest BCUT2D eigenvalue weighted by atomic mass is 32.2. The Morgan fingerprint density at radius 1 is 1.00 bits per heavy atom. The predicted molar refractivity (Wildman–Crippen MR) is 147 cm³/mol. The van der Waals surface area contributed by atoms with Gasteiger partial charge < -0.3 is 20.7 Å². The Hall–Kier alpha value is -3.94. The second-order valence-electron chi connectivity index (χ2n) is 9.78. The number of carbonyl (C=O) groups excluding carboxylic acids is 1. The number of hydrogen-bond donors (Lipinski definition) is 3. The largest absolute Gasteiger partial charge is 0.497 e. The molecule has 1 aliphatic carbocycles. The van der Waals surface area contributed by atoms with E-state index in [0.717, 1.165) is 12.3 Å². The average Bonchev–Trinajstić information content (AvgIpc) is 2.95. The van der Waals surface area contributed by atoms with Crippen LogP contribution in [0.1, 0.15) is 36.8 Å². The molecule has 0 atom stereocenters. The number of rotatable bonds is 9. The van der Waals surface area contributed by atoms with Gasteiger partial charge in [-0.25, -0.2) is 8.42 Å². The van der Waals surface area contributed by atoms with Crippen molar-refractivity contribution in [2.24, 2.45) is 5.92 Å². The van der Waals surface area contributed by atoms with Crippen LogP contribution in [0, 0.1) is 5.92 Å². The van der Waals surface area contributed by atoms with Crippen molar-refractivity contribution >= 4 is 27.6 Å². The maximum atomic E-state index is 13.5. The fourth-order valence-electron chi connectivity index (χ4n) is 4.64. The summed E-state index contributed by atoms with van der Waals surface area (Å²) < 4.78 is 68.9. The number of ether oxygens (including phenoxy) is 1. The molecular formula is C27H31F3N6O4S. The molecule has 41 heavy (non-hydrogen) atoms. The minimum Gasteiger partial charge on any atom is -0.497 e. The smallest absolute Gasteiger partial charge is 0.416 e. The van der Waals surface area contributed by atoms with Gasteiger partial charge in [0, 0.05) is 37.4 Å². The van der Waals surface area contributed by atoms with E-state index < -0.39 is 21.6 Å². The summed E-state index contributed by atoms with van der Waals surface area (Å²) in [5, 5.41) is 8.84. The lowest BCUT2D eigenvalue weighted by atomic mass is 9.85. The number of aromatic nitrogens is 3. The van der Waals surface area contributed by atoms with Crippen molar-refractivity contribution in [3.05, 3.63) is 53.6 Å². The molecule has 220 valence electrons. The maximum Gasteiger partial charge on any atom is 0.416 e. The number of carbonyl (C=O) groups is 1. The number of methoxy groups -OCH3 is 1. The minimum atomic E-state index is -4.57. The number of anilines is 2. The van der Waals surface area contributed by atoms with Gasteiger partial charge in [-0.05, 0) is 67.6 Å². The summed E-state index contributed by atoms with van der Waals surface area (Å²) in [4.78, 5) is 26.2. The summed E-state index contributed by atoms with van der Waals surface area (Å²) >= 11 is 0. The van der Waals surface area contributed by atoms with Crippen LogP contribution in [0.2, 0.25) is 0 Å². The normalized spacial score (nSPS) is 17.5. The van der Waals surface area contributed by atoms with Crippen LogP contribution in [0.3, 0.4) is 0 Å². The predicted octanol–water partition coefficient (Wildman–Crippen LogP) is 4.30. The third kappa shape index (κ3) is 7.63. The van der Waals surface area contributed by atoms with Crippen LogP contribution in [0.25, 0.3) is 11.4 Å². The summed E-state index contributed by atoms with van der Waals surface area (Å²) in [6.07, 6.45) is -1.08. The molecule has 0 unspecified atom stereocenters. The first kappa shape index (κ1) is 30.0. The molecule has 1 saturated carbocycles. The van der Waals surface area contributed by atoms with Crippen molar-refractivity contribution < 1.29 is 31.1 Å². The lowest BCUT2D eigenvalue weighted by Crippen LogP contribution is -2.36. The molecule has 14 heteroatoms.